The van der Waals surface area contributed by atoms with Crippen LogP contribution in [0.3, 0.4) is 0 Å². The highest BCUT2D eigenvalue weighted by atomic mass is 16.4. The fraction of sp³-hybridized carbons (Fsp3) is 0.333. The molecule has 7 heteroatoms. The Morgan fingerprint density at radius 1 is 1.36 bits per heavy atom. The van der Waals surface area contributed by atoms with Crippen LogP contribution in [0.15, 0.2) is 30.9 Å². The zero-order chi connectivity index (χ0) is 15.5. The first-order valence-corrected chi connectivity index (χ1v) is 7.16. The van der Waals surface area contributed by atoms with Crippen molar-refractivity contribution >= 4 is 11.9 Å². The topological polar surface area (TPSA) is 99.2 Å². The number of amides is 1. The van der Waals surface area contributed by atoms with Gasteiger partial charge in [0.1, 0.15) is 0 Å². The fourth-order valence-corrected chi connectivity index (χ4v) is 2.85. The van der Waals surface area contributed by atoms with Crippen LogP contribution in [-0.4, -0.2) is 43.4 Å². The van der Waals surface area contributed by atoms with Gasteiger partial charge in [0.05, 0.1) is 12.4 Å². The number of carboxylic acid groups (broad SMARTS) is 1. The Hall–Kier alpha value is -2.70. The molecule has 1 atom stereocenters. The number of carbonyl (C=O) groups is 2. The third-order valence-electron chi connectivity index (χ3n) is 3.89. The van der Waals surface area contributed by atoms with Crippen LogP contribution in [0.2, 0.25) is 0 Å². The standard InChI is InChI=1S/C15H16N4O3/c20-14(12-13(15(21)22)18-9-17-12)19-7-2-1-5-11(19)10-4-3-6-16-8-10/h3-4,6,8-9,11H,1-2,5,7H2,(H,17,18)(H,21,22)/t11-/m1/s1. The normalized spacial score (nSPS) is 18.2. The van der Waals surface area contributed by atoms with Crippen molar-refractivity contribution in [1.29, 1.82) is 0 Å². The van der Waals surface area contributed by atoms with Gasteiger partial charge in [0.15, 0.2) is 11.4 Å². The zero-order valence-corrected chi connectivity index (χ0v) is 11.9. The number of carboxylic acids is 1. The summed E-state index contributed by atoms with van der Waals surface area (Å²) in [6.45, 7) is 0.588. The first-order chi connectivity index (χ1) is 10.7. The largest absolute Gasteiger partial charge is 0.477 e. The number of carbonyl (C=O) groups excluding carboxylic acids is 1. The van der Waals surface area contributed by atoms with Gasteiger partial charge in [-0.1, -0.05) is 6.07 Å². The van der Waals surface area contributed by atoms with Crippen LogP contribution in [0.4, 0.5) is 0 Å². The summed E-state index contributed by atoms with van der Waals surface area (Å²) < 4.78 is 0. The van der Waals surface area contributed by atoms with Crippen molar-refractivity contribution in [2.75, 3.05) is 6.54 Å². The van der Waals surface area contributed by atoms with Gasteiger partial charge in [-0.05, 0) is 30.9 Å². The van der Waals surface area contributed by atoms with E-state index < -0.39 is 5.97 Å². The lowest BCUT2D eigenvalue weighted by Crippen LogP contribution is -2.39. The van der Waals surface area contributed by atoms with Crippen LogP contribution in [0.1, 0.15) is 51.8 Å². The van der Waals surface area contributed by atoms with Crippen molar-refractivity contribution in [3.05, 3.63) is 47.8 Å². The second-order valence-electron chi connectivity index (χ2n) is 5.23. The van der Waals surface area contributed by atoms with Gasteiger partial charge in [-0.15, -0.1) is 0 Å². The minimum Gasteiger partial charge on any atom is -0.477 e. The van der Waals surface area contributed by atoms with Crippen molar-refractivity contribution in [1.82, 2.24) is 19.9 Å². The number of hydrogen-bond acceptors (Lipinski definition) is 4. The number of rotatable bonds is 3. The maximum Gasteiger partial charge on any atom is 0.354 e. The predicted molar refractivity (Wildman–Crippen MR) is 77.4 cm³/mol. The van der Waals surface area contributed by atoms with E-state index in [4.69, 9.17) is 5.11 Å². The number of likely N-dealkylation sites (tertiary alicyclic amines) is 1. The monoisotopic (exact) mass is 300 g/mol. The van der Waals surface area contributed by atoms with E-state index in [2.05, 4.69) is 15.0 Å². The molecular formula is C15H16N4O3. The van der Waals surface area contributed by atoms with Gasteiger partial charge in [-0.25, -0.2) is 9.78 Å². The Bertz CT molecular complexity index is 683. The number of aromatic carboxylic acids is 1. The Morgan fingerprint density at radius 3 is 2.95 bits per heavy atom. The molecule has 114 valence electrons. The number of aromatic nitrogens is 3. The van der Waals surface area contributed by atoms with Gasteiger partial charge in [-0.3, -0.25) is 9.78 Å². The number of pyridine rings is 1. The first-order valence-electron chi connectivity index (χ1n) is 7.16. The molecular weight excluding hydrogens is 284 g/mol. The summed E-state index contributed by atoms with van der Waals surface area (Å²) in [5.41, 5.74) is 0.756. The van der Waals surface area contributed by atoms with Crippen molar-refractivity contribution < 1.29 is 14.7 Å². The molecule has 7 nitrogen and oxygen atoms in total. The van der Waals surface area contributed by atoms with Gasteiger partial charge in [0.2, 0.25) is 0 Å². The van der Waals surface area contributed by atoms with Crippen molar-refractivity contribution in [3.63, 3.8) is 0 Å². The molecule has 0 saturated carbocycles. The third-order valence-corrected chi connectivity index (χ3v) is 3.89. The Labute approximate surface area is 127 Å². The number of hydrogen-bond donors (Lipinski definition) is 2. The lowest BCUT2D eigenvalue weighted by Gasteiger charge is -2.35. The van der Waals surface area contributed by atoms with E-state index in [1.54, 1.807) is 17.3 Å². The molecule has 1 amide bonds. The van der Waals surface area contributed by atoms with Gasteiger partial charge in [0.25, 0.3) is 5.91 Å². The molecule has 3 rings (SSSR count). The van der Waals surface area contributed by atoms with Crippen LogP contribution >= 0.6 is 0 Å². The Morgan fingerprint density at radius 2 is 2.23 bits per heavy atom. The number of H-pyrrole nitrogens is 1. The van der Waals surface area contributed by atoms with Crippen molar-refractivity contribution in [2.24, 2.45) is 0 Å². The van der Waals surface area contributed by atoms with E-state index in [0.29, 0.717) is 6.54 Å². The lowest BCUT2D eigenvalue weighted by atomic mass is 9.96. The molecule has 0 radical (unpaired) electrons. The number of piperidine rings is 1. The third kappa shape index (κ3) is 2.57. The Balaban J connectivity index is 1.92. The zero-order valence-electron chi connectivity index (χ0n) is 11.9. The van der Waals surface area contributed by atoms with Crippen molar-refractivity contribution in [3.8, 4) is 0 Å². The summed E-state index contributed by atoms with van der Waals surface area (Å²) in [4.78, 5) is 36.1. The van der Waals surface area contributed by atoms with E-state index >= 15 is 0 Å². The minimum absolute atomic E-state index is 0.0386. The molecule has 0 aromatic carbocycles. The molecule has 1 fully saturated rings. The van der Waals surface area contributed by atoms with Crippen LogP contribution < -0.4 is 0 Å². The summed E-state index contributed by atoms with van der Waals surface area (Å²) in [5.74, 6) is -1.54. The molecule has 0 bridgehead atoms. The lowest BCUT2D eigenvalue weighted by molar-refractivity contribution is 0.0587. The summed E-state index contributed by atoms with van der Waals surface area (Å²) in [5, 5.41) is 9.13. The van der Waals surface area contributed by atoms with Crippen LogP contribution in [0, 0.1) is 0 Å². The highest BCUT2D eigenvalue weighted by Gasteiger charge is 2.32. The van der Waals surface area contributed by atoms with Gasteiger partial charge >= 0.3 is 5.97 Å². The first kappa shape index (κ1) is 14.2. The molecule has 2 aromatic rings. The SMILES string of the molecule is O=C(O)c1[nH]cnc1C(=O)N1CCCC[C@@H]1c1cccnc1. The molecule has 0 unspecified atom stereocenters. The molecule has 1 aliphatic heterocycles. The van der Waals surface area contributed by atoms with E-state index in [9.17, 15) is 9.59 Å². The van der Waals surface area contributed by atoms with Crippen LogP contribution in [0.25, 0.3) is 0 Å². The number of imidazole rings is 1. The summed E-state index contributed by atoms with van der Waals surface area (Å²) in [6.07, 6.45) is 7.43. The molecule has 2 aromatic heterocycles. The maximum absolute atomic E-state index is 12.7. The van der Waals surface area contributed by atoms with E-state index in [1.807, 2.05) is 12.1 Å². The molecule has 1 saturated heterocycles. The van der Waals surface area contributed by atoms with Crippen molar-refractivity contribution in [2.45, 2.75) is 25.3 Å². The minimum atomic E-state index is -1.18. The fourth-order valence-electron chi connectivity index (χ4n) is 2.85. The van der Waals surface area contributed by atoms with E-state index in [0.717, 1.165) is 24.8 Å². The Kier molecular flexibility index (Phi) is 3.86. The summed E-state index contributed by atoms with van der Waals surface area (Å²) in [7, 11) is 0. The number of nitrogens with one attached hydrogen (secondary N) is 1. The molecule has 22 heavy (non-hydrogen) atoms. The van der Waals surface area contributed by atoms with Gasteiger partial charge in [0, 0.05) is 18.9 Å². The molecule has 1 aliphatic rings. The number of aromatic amines is 1. The predicted octanol–water partition coefficient (Wildman–Crippen LogP) is 1.87. The molecule has 0 aliphatic carbocycles. The highest BCUT2D eigenvalue weighted by molar-refractivity contribution is 6.02. The van der Waals surface area contributed by atoms with E-state index in [1.165, 1.54) is 6.33 Å². The molecule has 3 heterocycles. The van der Waals surface area contributed by atoms with Gasteiger partial charge in [-0.2, -0.15) is 0 Å². The van der Waals surface area contributed by atoms with E-state index in [-0.39, 0.29) is 23.3 Å². The smallest absolute Gasteiger partial charge is 0.354 e. The molecule has 0 spiro atoms. The summed E-state index contributed by atoms with van der Waals surface area (Å²) in [6, 6.07) is 3.68. The second-order valence-corrected chi connectivity index (χ2v) is 5.23. The second kappa shape index (κ2) is 5.97. The number of nitrogens with zero attached hydrogens (tertiary/aromatic N) is 3. The maximum atomic E-state index is 12.7. The average molecular weight is 300 g/mol. The molecule has 2 N–H and O–H groups in total. The summed E-state index contributed by atoms with van der Waals surface area (Å²) >= 11 is 0. The quantitative estimate of drug-likeness (QED) is 0.901. The average Bonchev–Trinajstić information content (AvgIpc) is 3.05. The van der Waals surface area contributed by atoms with Gasteiger partial charge < -0.3 is 15.0 Å². The van der Waals surface area contributed by atoms with Crippen LogP contribution in [0.5, 0.6) is 0 Å². The highest BCUT2D eigenvalue weighted by Crippen LogP contribution is 2.31. The van der Waals surface area contributed by atoms with Crippen LogP contribution in [-0.2, 0) is 0 Å².